The first-order valence-electron chi connectivity index (χ1n) is 9.91. The molecule has 158 valence electrons. The number of carbonyl (C=O) groups is 2. The number of aryl methyl sites for hydroxylation is 1. The van der Waals surface area contributed by atoms with Crippen LogP contribution in [0.3, 0.4) is 0 Å². The lowest BCUT2D eigenvalue weighted by molar-refractivity contribution is 0.0982. The van der Waals surface area contributed by atoms with E-state index in [-0.39, 0.29) is 24.7 Å². The van der Waals surface area contributed by atoms with Crippen molar-refractivity contribution in [3.05, 3.63) is 89.4 Å². The molecule has 0 bridgehead atoms. The van der Waals surface area contributed by atoms with E-state index >= 15 is 0 Å². The summed E-state index contributed by atoms with van der Waals surface area (Å²) in [6.07, 6.45) is 3.60. The molecule has 1 aromatic carbocycles. The number of hydrogen-bond acceptors (Lipinski definition) is 4. The summed E-state index contributed by atoms with van der Waals surface area (Å²) in [5.41, 5.74) is 1.76. The molecular formula is C23H20F2N4O2. The third-order valence-corrected chi connectivity index (χ3v) is 5.14. The van der Waals surface area contributed by atoms with Gasteiger partial charge in [0.05, 0.1) is 12.2 Å². The van der Waals surface area contributed by atoms with E-state index in [4.69, 9.17) is 0 Å². The highest BCUT2D eigenvalue weighted by Crippen LogP contribution is 2.21. The summed E-state index contributed by atoms with van der Waals surface area (Å²) in [6.45, 7) is 1.40. The van der Waals surface area contributed by atoms with Crippen molar-refractivity contribution in [3.8, 4) is 0 Å². The van der Waals surface area contributed by atoms with Crippen molar-refractivity contribution in [1.29, 1.82) is 0 Å². The fraction of sp³-hybridized carbons (Fsp3) is 0.217. The number of anilines is 1. The summed E-state index contributed by atoms with van der Waals surface area (Å²) in [5.74, 6) is -1.60. The van der Waals surface area contributed by atoms with Crippen LogP contribution >= 0.6 is 0 Å². The molecule has 1 fully saturated rings. The molecule has 1 aliphatic heterocycles. The van der Waals surface area contributed by atoms with Gasteiger partial charge in [0.15, 0.2) is 17.4 Å². The van der Waals surface area contributed by atoms with E-state index in [0.29, 0.717) is 36.6 Å². The fourth-order valence-corrected chi connectivity index (χ4v) is 3.47. The third kappa shape index (κ3) is 4.74. The Bertz CT molecular complexity index is 1110. The van der Waals surface area contributed by atoms with Crippen molar-refractivity contribution in [1.82, 2.24) is 14.9 Å². The van der Waals surface area contributed by atoms with Gasteiger partial charge in [0.1, 0.15) is 5.82 Å². The molecule has 8 heteroatoms. The maximum Gasteiger partial charge on any atom is 0.326 e. The number of urea groups is 1. The summed E-state index contributed by atoms with van der Waals surface area (Å²) in [6, 6.07) is 12.2. The Morgan fingerprint density at radius 3 is 2.61 bits per heavy atom. The highest BCUT2D eigenvalue weighted by molar-refractivity contribution is 5.98. The number of amides is 2. The zero-order valence-corrected chi connectivity index (χ0v) is 16.7. The van der Waals surface area contributed by atoms with Crippen molar-refractivity contribution >= 4 is 17.6 Å². The maximum absolute atomic E-state index is 13.3. The van der Waals surface area contributed by atoms with Crippen LogP contribution in [0, 0.1) is 11.6 Å². The lowest BCUT2D eigenvalue weighted by Crippen LogP contribution is -2.32. The average molecular weight is 422 g/mol. The Hall–Kier alpha value is -3.68. The quantitative estimate of drug-likeness (QED) is 0.540. The van der Waals surface area contributed by atoms with Gasteiger partial charge in [-0.25, -0.2) is 18.6 Å². The predicted molar refractivity (Wildman–Crippen MR) is 111 cm³/mol. The number of nitrogens with zero attached hydrogens (tertiary/aromatic N) is 4. The molecule has 0 spiro atoms. The number of Topliss-reactive ketones (excluding diaryl/α,β-unsaturated/α-hetero) is 1. The number of benzene rings is 1. The van der Waals surface area contributed by atoms with Crippen LogP contribution in [0.2, 0.25) is 0 Å². The second kappa shape index (κ2) is 8.99. The standard InChI is InChI=1S/C23H20F2N4O2/c24-19-6-4-16(13-20(19)25)5-7-21(30)17-8-10-27-22(14-17)29-12-11-28(23(29)31)15-18-3-1-2-9-26-18/h1-4,6,8-10,13-14H,5,7,11-12,15H2. The first-order valence-corrected chi connectivity index (χ1v) is 9.91. The van der Waals surface area contributed by atoms with Crippen molar-refractivity contribution in [3.63, 3.8) is 0 Å². The molecule has 2 amide bonds. The first-order chi connectivity index (χ1) is 15.0. The molecule has 0 radical (unpaired) electrons. The molecule has 0 saturated carbocycles. The zero-order valence-electron chi connectivity index (χ0n) is 16.7. The minimum atomic E-state index is -0.932. The summed E-state index contributed by atoms with van der Waals surface area (Å²) < 4.78 is 26.4. The largest absolute Gasteiger partial charge is 0.326 e. The lowest BCUT2D eigenvalue weighted by Gasteiger charge is -2.18. The number of halogens is 2. The van der Waals surface area contributed by atoms with E-state index in [2.05, 4.69) is 9.97 Å². The van der Waals surface area contributed by atoms with Gasteiger partial charge >= 0.3 is 6.03 Å². The normalized spacial score (nSPS) is 13.7. The van der Waals surface area contributed by atoms with Crippen LogP contribution in [0.1, 0.15) is 28.0 Å². The highest BCUT2D eigenvalue weighted by Gasteiger charge is 2.30. The SMILES string of the molecule is O=C(CCc1ccc(F)c(F)c1)c1ccnc(N2CCN(Cc3ccccn3)C2=O)c1. The van der Waals surface area contributed by atoms with Gasteiger partial charge in [-0.3, -0.25) is 14.7 Å². The number of ketones is 1. The molecule has 0 aliphatic carbocycles. The number of hydrogen-bond donors (Lipinski definition) is 0. The van der Waals surface area contributed by atoms with Crippen LogP contribution in [0.25, 0.3) is 0 Å². The number of aromatic nitrogens is 2. The van der Waals surface area contributed by atoms with Gasteiger partial charge < -0.3 is 4.90 Å². The van der Waals surface area contributed by atoms with E-state index in [1.807, 2.05) is 18.2 Å². The molecule has 0 unspecified atom stereocenters. The molecule has 6 nitrogen and oxygen atoms in total. The molecule has 31 heavy (non-hydrogen) atoms. The van der Waals surface area contributed by atoms with Gasteiger partial charge in [0.2, 0.25) is 0 Å². The fourth-order valence-electron chi connectivity index (χ4n) is 3.47. The minimum absolute atomic E-state index is 0.133. The molecular weight excluding hydrogens is 402 g/mol. The molecule has 0 atom stereocenters. The summed E-state index contributed by atoms with van der Waals surface area (Å²) in [5, 5.41) is 0. The van der Waals surface area contributed by atoms with Crippen molar-refractivity contribution in [2.75, 3.05) is 18.0 Å². The second-order valence-corrected chi connectivity index (χ2v) is 7.25. The maximum atomic E-state index is 13.3. The number of carbonyl (C=O) groups excluding carboxylic acids is 2. The van der Waals surface area contributed by atoms with Crippen LogP contribution < -0.4 is 4.90 Å². The van der Waals surface area contributed by atoms with Crippen LogP contribution in [-0.2, 0) is 13.0 Å². The second-order valence-electron chi connectivity index (χ2n) is 7.25. The van der Waals surface area contributed by atoms with Crippen LogP contribution in [0.5, 0.6) is 0 Å². The number of rotatable bonds is 7. The Kier molecular flexibility index (Phi) is 5.97. The molecule has 0 N–H and O–H groups in total. The van der Waals surface area contributed by atoms with Crippen LogP contribution in [0.15, 0.2) is 60.9 Å². The predicted octanol–water partition coefficient (Wildman–Crippen LogP) is 4.01. The molecule has 4 rings (SSSR count). The highest BCUT2D eigenvalue weighted by atomic mass is 19.2. The van der Waals surface area contributed by atoms with Crippen molar-refractivity contribution < 1.29 is 18.4 Å². The molecule has 1 aliphatic rings. The van der Waals surface area contributed by atoms with Crippen LogP contribution in [0.4, 0.5) is 19.4 Å². The van der Waals surface area contributed by atoms with Gasteiger partial charge in [-0.05, 0) is 48.4 Å². The first kappa shape index (κ1) is 20.6. The van der Waals surface area contributed by atoms with Gasteiger partial charge in [-0.2, -0.15) is 0 Å². The topological polar surface area (TPSA) is 66.4 Å². The average Bonchev–Trinajstić information content (AvgIpc) is 3.15. The molecule has 3 heterocycles. The van der Waals surface area contributed by atoms with Crippen LogP contribution in [-0.4, -0.2) is 39.8 Å². The summed E-state index contributed by atoms with van der Waals surface area (Å²) in [4.78, 5) is 37.1. The van der Waals surface area contributed by atoms with E-state index in [1.165, 1.54) is 17.2 Å². The van der Waals surface area contributed by atoms with Crippen molar-refractivity contribution in [2.24, 2.45) is 0 Å². The minimum Gasteiger partial charge on any atom is -0.317 e. The van der Waals surface area contributed by atoms with E-state index in [1.54, 1.807) is 23.2 Å². The van der Waals surface area contributed by atoms with Crippen molar-refractivity contribution in [2.45, 2.75) is 19.4 Å². The summed E-state index contributed by atoms with van der Waals surface area (Å²) >= 11 is 0. The lowest BCUT2D eigenvalue weighted by atomic mass is 10.0. The Morgan fingerprint density at radius 2 is 1.84 bits per heavy atom. The van der Waals surface area contributed by atoms with E-state index in [9.17, 15) is 18.4 Å². The molecule has 1 saturated heterocycles. The van der Waals surface area contributed by atoms with E-state index < -0.39 is 11.6 Å². The Balaban J connectivity index is 1.41. The van der Waals surface area contributed by atoms with Gasteiger partial charge in [0.25, 0.3) is 0 Å². The van der Waals surface area contributed by atoms with Gasteiger partial charge in [-0.1, -0.05) is 12.1 Å². The Labute approximate surface area is 178 Å². The zero-order chi connectivity index (χ0) is 21.8. The third-order valence-electron chi connectivity index (χ3n) is 5.14. The molecule has 2 aromatic heterocycles. The smallest absolute Gasteiger partial charge is 0.317 e. The molecule has 3 aromatic rings. The van der Waals surface area contributed by atoms with Gasteiger partial charge in [-0.15, -0.1) is 0 Å². The van der Waals surface area contributed by atoms with E-state index in [0.717, 1.165) is 17.8 Å². The monoisotopic (exact) mass is 422 g/mol. The van der Waals surface area contributed by atoms with Gasteiger partial charge in [0, 0.05) is 37.5 Å². The number of pyridine rings is 2. The Morgan fingerprint density at radius 1 is 0.968 bits per heavy atom. The summed E-state index contributed by atoms with van der Waals surface area (Å²) in [7, 11) is 0.